The van der Waals surface area contributed by atoms with E-state index in [-0.39, 0.29) is 6.61 Å². The second-order valence-electron chi connectivity index (χ2n) is 6.01. The number of rotatable bonds is 5. The highest BCUT2D eigenvalue weighted by Crippen LogP contribution is 2.33. The number of aromatic nitrogens is 4. The molecule has 1 saturated heterocycles. The van der Waals surface area contributed by atoms with Gasteiger partial charge >= 0.3 is 0 Å². The molecule has 1 unspecified atom stereocenters. The number of aliphatic hydroxyl groups is 3. The number of fused-ring (bicyclic) bond motifs is 1. The van der Waals surface area contributed by atoms with E-state index in [1.165, 1.54) is 18.2 Å². The van der Waals surface area contributed by atoms with Crippen LogP contribution in [0.5, 0.6) is 0 Å². The first-order chi connectivity index (χ1) is 12.7. The fraction of sp³-hybridized carbons (Fsp3) is 0.353. The van der Waals surface area contributed by atoms with Crippen molar-refractivity contribution in [3.63, 3.8) is 0 Å². The molecule has 3 N–H and O–H groups in total. The van der Waals surface area contributed by atoms with E-state index in [4.69, 9.17) is 4.74 Å². The number of imidazole rings is 1. The van der Waals surface area contributed by atoms with Crippen molar-refractivity contribution in [2.24, 2.45) is 0 Å². The van der Waals surface area contributed by atoms with Gasteiger partial charge in [0.25, 0.3) is 0 Å². The van der Waals surface area contributed by atoms with E-state index in [9.17, 15) is 15.3 Å². The molecule has 3 heterocycles. The highest BCUT2D eigenvalue weighted by atomic mass is 32.2. The molecule has 1 aliphatic rings. The molecule has 1 fully saturated rings. The van der Waals surface area contributed by atoms with Crippen molar-refractivity contribution in [2.75, 3.05) is 6.61 Å². The molecule has 8 nitrogen and oxygen atoms in total. The zero-order valence-corrected chi connectivity index (χ0v) is 14.5. The number of nitrogens with zero attached hydrogens (tertiary/aromatic N) is 4. The quantitative estimate of drug-likeness (QED) is 0.442. The predicted octanol–water partition coefficient (Wildman–Crippen LogP) is 0.730. The Bertz CT molecular complexity index is 891. The zero-order chi connectivity index (χ0) is 18.1. The molecule has 9 heteroatoms. The van der Waals surface area contributed by atoms with E-state index in [0.29, 0.717) is 11.2 Å². The van der Waals surface area contributed by atoms with Gasteiger partial charge in [-0.2, -0.15) is 0 Å². The molecule has 0 bridgehead atoms. The van der Waals surface area contributed by atoms with Crippen molar-refractivity contribution in [3.05, 3.63) is 48.5 Å². The topological polar surface area (TPSA) is 114 Å². The summed E-state index contributed by atoms with van der Waals surface area (Å²) in [5, 5.41) is 30.2. The van der Waals surface area contributed by atoms with Crippen LogP contribution >= 0.6 is 11.8 Å². The minimum Gasteiger partial charge on any atom is -0.394 e. The average Bonchev–Trinajstić information content (AvgIpc) is 3.23. The number of hydrogen-bond donors (Lipinski definition) is 3. The molecule has 2 aromatic heterocycles. The van der Waals surface area contributed by atoms with E-state index in [0.717, 1.165) is 10.8 Å². The van der Waals surface area contributed by atoms with Crippen molar-refractivity contribution in [2.45, 2.75) is 35.3 Å². The minimum absolute atomic E-state index is 0.380. The van der Waals surface area contributed by atoms with Crippen LogP contribution in [0.3, 0.4) is 0 Å². The van der Waals surface area contributed by atoms with Crippen molar-refractivity contribution in [3.8, 4) is 0 Å². The van der Waals surface area contributed by atoms with Crippen molar-refractivity contribution < 1.29 is 20.1 Å². The lowest BCUT2D eigenvalue weighted by molar-refractivity contribution is -0.0511. The fourth-order valence-electron chi connectivity index (χ4n) is 2.96. The number of benzene rings is 1. The molecule has 26 heavy (non-hydrogen) atoms. The van der Waals surface area contributed by atoms with Gasteiger partial charge in [-0.15, -0.1) is 0 Å². The van der Waals surface area contributed by atoms with Gasteiger partial charge in [-0.05, 0) is 5.56 Å². The van der Waals surface area contributed by atoms with Gasteiger partial charge in [0.05, 0.1) is 12.9 Å². The molecule has 0 radical (unpaired) electrons. The first kappa shape index (κ1) is 17.4. The first-order valence-electron chi connectivity index (χ1n) is 8.15. The van der Waals surface area contributed by atoms with Gasteiger partial charge in [-0.25, -0.2) is 15.0 Å². The normalized spacial score (nSPS) is 25.8. The molecule has 4 rings (SSSR count). The van der Waals surface area contributed by atoms with Crippen LogP contribution in [-0.2, 0) is 10.5 Å². The Kier molecular flexibility index (Phi) is 4.88. The molecule has 0 saturated carbocycles. The van der Waals surface area contributed by atoms with Crippen LogP contribution in [0.15, 0.2) is 48.0 Å². The second kappa shape index (κ2) is 7.29. The van der Waals surface area contributed by atoms with E-state index in [1.54, 1.807) is 16.3 Å². The van der Waals surface area contributed by atoms with Crippen LogP contribution in [0.2, 0.25) is 0 Å². The van der Waals surface area contributed by atoms with Crippen LogP contribution in [0.1, 0.15) is 11.8 Å². The lowest BCUT2D eigenvalue weighted by Crippen LogP contribution is -2.33. The van der Waals surface area contributed by atoms with Gasteiger partial charge in [0, 0.05) is 5.75 Å². The standard InChI is InChI=1S/C17H18N4O4S/c22-6-11-13(23)14(24)17(25-11)21-9-20-12-15(21)18-8-19-16(12)26-7-10-4-2-1-3-5-10/h1-5,8-9,11,13-14,17,22-24H,6-7H2/t11-,13-,14-,17?/m1/s1. The highest BCUT2D eigenvalue weighted by molar-refractivity contribution is 7.98. The van der Waals surface area contributed by atoms with E-state index < -0.39 is 24.5 Å². The Morgan fingerprint density at radius 1 is 1.08 bits per heavy atom. The third kappa shape index (κ3) is 3.08. The van der Waals surface area contributed by atoms with Gasteiger partial charge in [0.15, 0.2) is 11.9 Å². The van der Waals surface area contributed by atoms with Crippen molar-refractivity contribution >= 4 is 22.9 Å². The van der Waals surface area contributed by atoms with Gasteiger partial charge < -0.3 is 20.1 Å². The monoisotopic (exact) mass is 374 g/mol. The molecule has 1 aromatic carbocycles. The molecule has 0 spiro atoms. The number of thioether (sulfide) groups is 1. The molecule has 136 valence electrons. The SMILES string of the molecule is OC[C@H]1OC(n2cnc3c(SCc4ccccc4)ncnc32)[C@H](O)[C@@H]1O. The highest BCUT2D eigenvalue weighted by Gasteiger charge is 2.44. The average molecular weight is 374 g/mol. The van der Waals surface area contributed by atoms with E-state index in [2.05, 4.69) is 15.0 Å². The van der Waals surface area contributed by atoms with Gasteiger partial charge in [-0.1, -0.05) is 42.1 Å². The van der Waals surface area contributed by atoms with E-state index in [1.807, 2.05) is 30.3 Å². The minimum atomic E-state index is -1.18. The molecular weight excluding hydrogens is 356 g/mol. The molecular formula is C17H18N4O4S. The number of aliphatic hydroxyl groups excluding tert-OH is 3. The second-order valence-corrected chi connectivity index (χ2v) is 6.97. The third-order valence-electron chi connectivity index (χ3n) is 4.33. The molecule has 4 atom stereocenters. The largest absolute Gasteiger partial charge is 0.394 e. The molecule has 0 aliphatic carbocycles. The van der Waals surface area contributed by atoms with E-state index >= 15 is 0 Å². The first-order valence-corrected chi connectivity index (χ1v) is 9.14. The fourth-order valence-corrected chi connectivity index (χ4v) is 3.86. The Balaban J connectivity index is 1.61. The maximum Gasteiger partial charge on any atom is 0.166 e. The summed E-state index contributed by atoms with van der Waals surface area (Å²) in [4.78, 5) is 12.9. The maximum atomic E-state index is 10.2. The van der Waals surface area contributed by atoms with Gasteiger partial charge in [-0.3, -0.25) is 4.57 Å². The van der Waals surface area contributed by atoms with Crippen LogP contribution < -0.4 is 0 Å². The van der Waals surface area contributed by atoms with Gasteiger partial charge in [0.2, 0.25) is 0 Å². The Morgan fingerprint density at radius 3 is 2.62 bits per heavy atom. The molecule has 1 aliphatic heterocycles. The van der Waals surface area contributed by atoms with Crippen LogP contribution in [-0.4, -0.2) is 59.8 Å². The number of ether oxygens (including phenoxy) is 1. The Labute approximate surface area is 153 Å². The van der Waals surface area contributed by atoms with Crippen LogP contribution in [0, 0.1) is 0 Å². The summed E-state index contributed by atoms with van der Waals surface area (Å²) < 4.78 is 7.13. The summed E-state index contributed by atoms with van der Waals surface area (Å²) in [5.41, 5.74) is 2.28. The third-order valence-corrected chi connectivity index (χ3v) is 5.38. The summed E-state index contributed by atoms with van der Waals surface area (Å²) >= 11 is 1.55. The van der Waals surface area contributed by atoms with Crippen LogP contribution in [0.25, 0.3) is 11.2 Å². The summed E-state index contributed by atoms with van der Waals surface area (Å²) in [6.07, 6.45) is -1.12. The Hall–Kier alpha value is -2.04. The summed E-state index contributed by atoms with van der Waals surface area (Å²) in [7, 11) is 0. The number of hydrogen-bond acceptors (Lipinski definition) is 8. The van der Waals surface area contributed by atoms with Gasteiger partial charge in [0.1, 0.15) is 35.2 Å². The summed E-state index contributed by atoms with van der Waals surface area (Å²) in [6, 6.07) is 10.0. The Morgan fingerprint density at radius 2 is 1.88 bits per heavy atom. The molecule has 0 amide bonds. The van der Waals surface area contributed by atoms with Crippen molar-refractivity contribution in [1.82, 2.24) is 19.5 Å². The molecule has 3 aromatic rings. The maximum absolute atomic E-state index is 10.2. The smallest absolute Gasteiger partial charge is 0.166 e. The predicted molar refractivity (Wildman–Crippen MR) is 94.3 cm³/mol. The lowest BCUT2D eigenvalue weighted by Gasteiger charge is -2.16. The van der Waals surface area contributed by atoms with Crippen molar-refractivity contribution in [1.29, 1.82) is 0 Å². The summed E-state index contributed by atoms with van der Waals surface area (Å²) in [6.45, 7) is -0.380. The van der Waals surface area contributed by atoms with Crippen LogP contribution in [0.4, 0.5) is 0 Å². The zero-order valence-electron chi connectivity index (χ0n) is 13.7. The lowest BCUT2D eigenvalue weighted by atomic mass is 10.1. The summed E-state index contributed by atoms with van der Waals surface area (Å²) in [5.74, 6) is 0.744.